The van der Waals surface area contributed by atoms with Crippen LogP contribution >= 0.6 is 0 Å². The minimum atomic E-state index is 0.546. The second-order valence-corrected chi connectivity index (χ2v) is 3.77. The first kappa shape index (κ1) is 11.3. The Bertz CT molecular complexity index is 554. The van der Waals surface area contributed by atoms with Crippen molar-refractivity contribution in [2.24, 2.45) is 0 Å². The van der Waals surface area contributed by atoms with Crippen LogP contribution in [0, 0.1) is 13.8 Å². The Hall–Kier alpha value is -2.17. The predicted octanol–water partition coefficient (Wildman–Crippen LogP) is 1.75. The zero-order valence-electron chi connectivity index (χ0n) is 10.1. The van der Waals surface area contributed by atoms with Gasteiger partial charge < -0.3 is 10.5 Å². The van der Waals surface area contributed by atoms with Crippen molar-refractivity contribution in [3.05, 3.63) is 29.6 Å². The van der Waals surface area contributed by atoms with Gasteiger partial charge in [-0.05, 0) is 26.0 Å². The number of nitrogens with two attached hydrogens (primary N) is 1. The Morgan fingerprint density at radius 1 is 1.12 bits per heavy atom. The summed E-state index contributed by atoms with van der Waals surface area (Å²) in [7, 11) is 1.59. The van der Waals surface area contributed by atoms with Gasteiger partial charge >= 0.3 is 0 Å². The van der Waals surface area contributed by atoms with Crippen LogP contribution in [0.5, 0.6) is 5.75 Å². The molecule has 0 unspecified atom stereocenters. The molecule has 17 heavy (non-hydrogen) atoms. The lowest BCUT2D eigenvalue weighted by atomic mass is 10.1. The molecule has 1 heterocycles. The average Bonchev–Trinajstić information content (AvgIpc) is 2.32. The van der Waals surface area contributed by atoms with Gasteiger partial charge in [-0.2, -0.15) is 5.10 Å². The third kappa shape index (κ3) is 2.18. The molecule has 2 N–H and O–H groups in total. The molecular formula is C12H14N4O. The van der Waals surface area contributed by atoms with Crippen molar-refractivity contribution in [3.63, 3.8) is 0 Å². The molecule has 0 saturated heterocycles. The van der Waals surface area contributed by atoms with Crippen molar-refractivity contribution in [1.29, 1.82) is 0 Å². The first-order valence-electron chi connectivity index (χ1n) is 5.23. The van der Waals surface area contributed by atoms with Crippen molar-refractivity contribution < 1.29 is 4.74 Å². The van der Waals surface area contributed by atoms with Gasteiger partial charge in [0.05, 0.1) is 24.1 Å². The molecule has 0 aliphatic heterocycles. The van der Waals surface area contributed by atoms with Gasteiger partial charge in [0.15, 0.2) is 5.82 Å². The average molecular weight is 230 g/mol. The molecule has 0 fully saturated rings. The van der Waals surface area contributed by atoms with E-state index in [-0.39, 0.29) is 0 Å². The van der Waals surface area contributed by atoms with E-state index in [0.717, 1.165) is 17.0 Å². The Balaban J connectivity index is 2.55. The van der Waals surface area contributed by atoms with Crippen LogP contribution in [0.15, 0.2) is 18.2 Å². The molecule has 5 nitrogen and oxygen atoms in total. The topological polar surface area (TPSA) is 73.9 Å². The predicted molar refractivity (Wildman–Crippen MR) is 65.7 cm³/mol. The van der Waals surface area contributed by atoms with Crippen LogP contribution in [0.1, 0.15) is 11.4 Å². The molecular weight excluding hydrogens is 216 g/mol. The van der Waals surface area contributed by atoms with E-state index in [1.54, 1.807) is 19.2 Å². The zero-order valence-corrected chi connectivity index (χ0v) is 10.1. The third-order valence-electron chi connectivity index (χ3n) is 2.56. The van der Waals surface area contributed by atoms with Crippen molar-refractivity contribution in [1.82, 2.24) is 15.2 Å². The molecule has 0 aliphatic rings. The standard InChI is InChI=1S/C12H14N4O/c1-7-8(2)15-16-12(14-7)10-5-4-9(13)6-11(10)17-3/h4-6H,13H2,1-3H3. The summed E-state index contributed by atoms with van der Waals surface area (Å²) in [6.45, 7) is 3.77. The van der Waals surface area contributed by atoms with Gasteiger partial charge in [0, 0.05) is 11.8 Å². The second-order valence-electron chi connectivity index (χ2n) is 3.77. The van der Waals surface area contributed by atoms with Crippen LogP contribution in [-0.4, -0.2) is 22.3 Å². The summed E-state index contributed by atoms with van der Waals surface area (Å²) in [6, 6.07) is 5.37. The summed E-state index contributed by atoms with van der Waals surface area (Å²) >= 11 is 0. The second kappa shape index (κ2) is 4.37. The molecule has 0 spiro atoms. The quantitative estimate of drug-likeness (QED) is 0.795. The van der Waals surface area contributed by atoms with Crippen LogP contribution in [0.4, 0.5) is 5.69 Å². The Kier molecular flexibility index (Phi) is 2.91. The molecule has 1 aromatic heterocycles. The number of benzene rings is 1. The van der Waals surface area contributed by atoms with Gasteiger partial charge in [-0.15, -0.1) is 5.10 Å². The maximum atomic E-state index is 5.70. The van der Waals surface area contributed by atoms with E-state index >= 15 is 0 Å². The highest BCUT2D eigenvalue weighted by atomic mass is 16.5. The minimum Gasteiger partial charge on any atom is -0.496 e. The van der Waals surface area contributed by atoms with Gasteiger partial charge in [-0.1, -0.05) is 0 Å². The number of aromatic nitrogens is 3. The summed E-state index contributed by atoms with van der Waals surface area (Å²) < 4.78 is 5.26. The molecule has 0 aliphatic carbocycles. The Labute approximate surface area is 99.7 Å². The van der Waals surface area contributed by atoms with Crippen LogP contribution in [0.2, 0.25) is 0 Å². The molecule has 1 aromatic carbocycles. The van der Waals surface area contributed by atoms with Crippen molar-refractivity contribution in [2.45, 2.75) is 13.8 Å². The summed E-state index contributed by atoms with van der Waals surface area (Å²) in [6.07, 6.45) is 0. The summed E-state index contributed by atoms with van der Waals surface area (Å²) in [4.78, 5) is 4.39. The number of nitrogens with zero attached hydrogens (tertiary/aromatic N) is 3. The van der Waals surface area contributed by atoms with E-state index in [9.17, 15) is 0 Å². The van der Waals surface area contributed by atoms with Gasteiger partial charge in [0.1, 0.15) is 5.75 Å². The smallest absolute Gasteiger partial charge is 0.185 e. The number of hydrogen-bond acceptors (Lipinski definition) is 5. The van der Waals surface area contributed by atoms with E-state index < -0.39 is 0 Å². The first-order chi connectivity index (χ1) is 8.11. The lowest BCUT2D eigenvalue weighted by Crippen LogP contribution is -2.00. The highest BCUT2D eigenvalue weighted by Gasteiger charge is 2.10. The number of hydrogen-bond donors (Lipinski definition) is 1. The molecule has 5 heteroatoms. The van der Waals surface area contributed by atoms with E-state index in [2.05, 4.69) is 15.2 Å². The van der Waals surface area contributed by atoms with Gasteiger partial charge in [-0.25, -0.2) is 4.98 Å². The van der Waals surface area contributed by atoms with Gasteiger partial charge in [-0.3, -0.25) is 0 Å². The third-order valence-corrected chi connectivity index (χ3v) is 2.56. The lowest BCUT2D eigenvalue weighted by molar-refractivity contribution is 0.416. The highest BCUT2D eigenvalue weighted by molar-refractivity contribution is 5.67. The van der Waals surface area contributed by atoms with Crippen molar-refractivity contribution >= 4 is 5.69 Å². The fraction of sp³-hybridized carbons (Fsp3) is 0.250. The number of ether oxygens (including phenoxy) is 1. The molecule has 0 atom stereocenters. The van der Waals surface area contributed by atoms with Crippen LogP contribution < -0.4 is 10.5 Å². The number of methoxy groups -OCH3 is 1. The van der Waals surface area contributed by atoms with E-state index in [4.69, 9.17) is 10.5 Å². The molecule has 0 saturated carbocycles. The van der Waals surface area contributed by atoms with Crippen LogP contribution in [-0.2, 0) is 0 Å². The fourth-order valence-electron chi connectivity index (χ4n) is 1.46. The molecule has 2 rings (SSSR count). The number of rotatable bonds is 2. The van der Waals surface area contributed by atoms with Crippen LogP contribution in [0.25, 0.3) is 11.4 Å². The summed E-state index contributed by atoms with van der Waals surface area (Å²) in [5, 5.41) is 8.12. The monoisotopic (exact) mass is 230 g/mol. The zero-order chi connectivity index (χ0) is 12.4. The minimum absolute atomic E-state index is 0.546. The Morgan fingerprint density at radius 2 is 1.88 bits per heavy atom. The van der Waals surface area contributed by atoms with E-state index in [1.807, 2.05) is 19.9 Å². The first-order valence-corrected chi connectivity index (χ1v) is 5.23. The van der Waals surface area contributed by atoms with Crippen molar-refractivity contribution in [2.75, 3.05) is 12.8 Å². The van der Waals surface area contributed by atoms with Crippen LogP contribution in [0.3, 0.4) is 0 Å². The van der Waals surface area contributed by atoms with Crippen molar-refractivity contribution in [3.8, 4) is 17.1 Å². The fourth-order valence-corrected chi connectivity index (χ4v) is 1.46. The largest absolute Gasteiger partial charge is 0.496 e. The number of nitrogen functional groups attached to an aromatic ring is 1. The number of anilines is 1. The lowest BCUT2D eigenvalue weighted by Gasteiger charge is -2.08. The molecule has 0 radical (unpaired) electrons. The summed E-state index contributed by atoms with van der Waals surface area (Å²) in [5.74, 6) is 1.19. The van der Waals surface area contributed by atoms with E-state index in [0.29, 0.717) is 17.3 Å². The van der Waals surface area contributed by atoms with Gasteiger partial charge in [0.25, 0.3) is 0 Å². The maximum Gasteiger partial charge on any atom is 0.185 e. The van der Waals surface area contributed by atoms with E-state index in [1.165, 1.54) is 0 Å². The molecule has 0 amide bonds. The normalized spacial score (nSPS) is 10.3. The van der Waals surface area contributed by atoms with Gasteiger partial charge in [0.2, 0.25) is 0 Å². The maximum absolute atomic E-state index is 5.70. The SMILES string of the molecule is COc1cc(N)ccc1-c1nnc(C)c(C)n1. The Morgan fingerprint density at radius 3 is 2.53 bits per heavy atom. The highest BCUT2D eigenvalue weighted by Crippen LogP contribution is 2.29. The number of aryl methyl sites for hydroxylation is 2. The molecule has 2 aromatic rings. The molecule has 0 bridgehead atoms. The summed E-state index contributed by atoms with van der Waals surface area (Å²) in [5.41, 5.74) is 8.81. The molecule has 88 valence electrons.